The zero-order valence-electron chi connectivity index (χ0n) is 12.1. The van der Waals surface area contributed by atoms with Crippen LogP contribution in [0.5, 0.6) is 0 Å². The SMILES string of the molecule is CCc1nn(C)c(CN(C)C2CCCCC2O)c1Cl. The third-order valence-electron chi connectivity index (χ3n) is 4.16. The summed E-state index contributed by atoms with van der Waals surface area (Å²) in [5, 5.41) is 15.3. The maximum absolute atomic E-state index is 10.1. The van der Waals surface area contributed by atoms with Crippen molar-refractivity contribution in [1.82, 2.24) is 14.7 Å². The van der Waals surface area contributed by atoms with Gasteiger partial charge in [-0.3, -0.25) is 9.58 Å². The van der Waals surface area contributed by atoms with E-state index in [-0.39, 0.29) is 12.1 Å². The van der Waals surface area contributed by atoms with Crippen molar-refractivity contribution in [3.05, 3.63) is 16.4 Å². The predicted molar refractivity (Wildman–Crippen MR) is 77.3 cm³/mol. The molecule has 1 aromatic heterocycles. The monoisotopic (exact) mass is 285 g/mol. The Bertz CT molecular complexity index is 433. The summed E-state index contributed by atoms with van der Waals surface area (Å²) in [5.41, 5.74) is 2.00. The van der Waals surface area contributed by atoms with Gasteiger partial charge in [0.05, 0.1) is 22.5 Å². The Morgan fingerprint density at radius 3 is 2.68 bits per heavy atom. The Balaban J connectivity index is 2.10. The molecule has 108 valence electrons. The second kappa shape index (κ2) is 6.25. The van der Waals surface area contributed by atoms with Crippen LogP contribution < -0.4 is 0 Å². The molecule has 19 heavy (non-hydrogen) atoms. The van der Waals surface area contributed by atoms with Crippen LogP contribution in [0.3, 0.4) is 0 Å². The first-order valence-electron chi connectivity index (χ1n) is 7.13. The molecular weight excluding hydrogens is 262 g/mol. The number of rotatable bonds is 4. The summed E-state index contributed by atoms with van der Waals surface area (Å²) in [6, 6.07) is 0.241. The van der Waals surface area contributed by atoms with Gasteiger partial charge in [0.25, 0.3) is 0 Å². The minimum absolute atomic E-state index is 0.212. The van der Waals surface area contributed by atoms with Crippen LogP contribution in [0.25, 0.3) is 0 Å². The molecule has 2 rings (SSSR count). The van der Waals surface area contributed by atoms with Crippen molar-refractivity contribution < 1.29 is 5.11 Å². The van der Waals surface area contributed by atoms with Gasteiger partial charge in [-0.2, -0.15) is 5.10 Å². The first-order chi connectivity index (χ1) is 9.04. The Kier molecular flexibility index (Phi) is 4.87. The van der Waals surface area contributed by atoms with E-state index in [9.17, 15) is 5.11 Å². The maximum atomic E-state index is 10.1. The van der Waals surface area contributed by atoms with E-state index in [1.807, 2.05) is 11.7 Å². The fourth-order valence-corrected chi connectivity index (χ4v) is 3.30. The van der Waals surface area contributed by atoms with Gasteiger partial charge in [0.1, 0.15) is 0 Å². The number of aliphatic hydroxyl groups excluding tert-OH is 1. The molecule has 0 amide bonds. The number of hydrogen-bond acceptors (Lipinski definition) is 3. The summed E-state index contributed by atoms with van der Waals surface area (Å²) in [4.78, 5) is 2.21. The average molecular weight is 286 g/mol. The van der Waals surface area contributed by atoms with E-state index in [0.29, 0.717) is 0 Å². The summed E-state index contributed by atoms with van der Waals surface area (Å²) < 4.78 is 1.87. The van der Waals surface area contributed by atoms with Crippen LogP contribution in [0, 0.1) is 0 Å². The number of aliphatic hydroxyl groups is 1. The van der Waals surface area contributed by atoms with Crippen LogP contribution in [0.1, 0.15) is 44.0 Å². The summed E-state index contributed by atoms with van der Waals surface area (Å²) >= 11 is 6.38. The second-order valence-electron chi connectivity index (χ2n) is 5.52. The van der Waals surface area contributed by atoms with Crippen molar-refractivity contribution in [2.24, 2.45) is 7.05 Å². The molecule has 0 saturated heterocycles. The molecule has 1 N–H and O–H groups in total. The summed E-state index contributed by atoms with van der Waals surface area (Å²) in [5.74, 6) is 0. The van der Waals surface area contributed by atoms with Crippen molar-refractivity contribution in [2.75, 3.05) is 7.05 Å². The number of aromatic nitrogens is 2. The Morgan fingerprint density at radius 1 is 1.42 bits per heavy atom. The van der Waals surface area contributed by atoms with E-state index in [1.165, 1.54) is 6.42 Å². The summed E-state index contributed by atoms with van der Waals surface area (Å²) in [7, 11) is 4.00. The Labute approximate surface area is 120 Å². The second-order valence-corrected chi connectivity index (χ2v) is 5.90. The van der Waals surface area contributed by atoms with Crippen molar-refractivity contribution in [3.63, 3.8) is 0 Å². The minimum Gasteiger partial charge on any atom is -0.391 e. The number of hydrogen-bond donors (Lipinski definition) is 1. The van der Waals surface area contributed by atoms with E-state index in [0.717, 1.165) is 48.6 Å². The lowest BCUT2D eigenvalue weighted by Gasteiger charge is -2.35. The molecule has 1 aromatic rings. The zero-order valence-corrected chi connectivity index (χ0v) is 12.8. The molecule has 2 atom stereocenters. The molecule has 0 radical (unpaired) electrons. The van der Waals surface area contributed by atoms with Gasteiger partial charge >= 0.3 is 0 Å². The molecule has 1 aliphatic rings. The normalized spacial score (nSPS) is 24.1. The number of aryl methyl sites for hydroxylation is 2. The fraction of sp³-hybridized carbons (Fsp3) is 0.786. The van der Waals surface area contributed by atoms with Crippen LogP contribution in [0.15, 0.2) is 0 Å². The van der Waals surface area contributed by atoms with Gasteiger partial charge < -0.3 is 5.11 Å². The molecule has 1 saturated carbocycles. The minimum atomic E-state index is -0.212. The van der Waals surface area contributed by atoms with Crippen LogP contribution in [-0.2, 0) is 20.0 Å². The molecule has 0 spiro atoms. The highest BCUT2D eigenvalue weighted by Gasteiger charge is 2.27. The van der Waals surface area contributed by atoms with Gasteiger partial charge in [0, 0.05) is 19.6 Å². The molecule has 2 unspecified atom stereocenters. The molecule has 5 heteroatoms. The fourth-order valence-electron chi connectivity index (χ4n) is 2.95. The van der Waals surface area contributed by atoms with E-state index in [2.05, 4.69) is 24.0 Å². The smallest absolute Gasteiger partial charge is 0.0863 e. The van der Waals surface area contributed by atoms with Gasteiger partial charge in [-0.25, -0.2) is 0 Å². The number of halogens is 1. The average Bonchev–Trinajstić information content (AvgIpc) is 2.66. The van der Waals surface area contributed by atoms with Gasteiger partial charge in [-0.1, -0.05) is 31.4 Å². The quantitative estimate of drug-likeness (QED) is 0.923. The Hall–Kier alpha value is -0.580. The van der Waals surface area contributed by atoms with Gasteiger partial charge in [0.2, 0.25) is 0 Å². The van der Waals surface area contributed by atoms with Crippen LogP contribution in [0.4, 0.5) is 0 Å². The largest absolute Gasteiger partial charge is 0.391 e. The van der Waals surface area contributed by atoms with E-state index < -0.39 is 0 Å². The molecule has 1 aliphatic carbocycles. The third kappa shape index (κ3) is 3.12. The molecule has 1 fully saturated rings. The first kappa shape index (κ1) is 14.8. The number of nitrogens with zero attached hydrogens (tertiary/aromatic N) is 3. The van der Waals surface area contributed by atoms with Crippen molar-refractivity contribution in [1.29, 1.82) is 0 Å². The lowest BCUT2D eigenvalue weighted by atomic mass is 9.91. The van der Waals surface area contributed by atoms with Crippen LogP contribution in [0.2, 0.25) is 5.02 Å². The van der Waals surface area contributed by atoms with Crippen molar-refractivity contribution in [2.45, 2.75) is 57.7 Å². The summed E-state index contributed by atoms with van der Waals surface area (Å²) in [6.07, 6.45) is 4.95. The highest BCUT2D eigenvalue weighted by atomic mass is 35.5. The van der Waals surface area contributed by atoms with Gasteiger partial charge in [-0.05, 0) is 26.3 Å². The lowest BCUT2D eigenvalue weighted by molar-refractivity contribution is 0.0279. The highest BCUT2D eigenvalue weighted by Crippen LogP contribution is 2.26. The zero-order chi connectivity index (χ0) is 14.0. The van der Waals surface area contributed by atoms with Crippen molar-refractivity contribution >= 4 is 11.6 Å². The maximum Gasteiger partial charge on any atom is 0.0863 e. The van der Waals surface area contributed by atoms with Gasteiger partial charge in [0.15, 0.2) is 0 Å². The number of likely N-dealkylation sites (N-methyl/N-ethyl adjacent to an activating group) is 1. The highest BCUT2D eigenvalue weighted by molar-refractivity contribution is 6.31. The van der Waals surface area contributed by atoms with Gasteiger partial charge in [-0.15, -0.1) is 0 Å². The first-order valence-corrected chi connectivity index (χ1v) is 7.51. The molecule has 0 bridgehead atoms. The molecule has 0 aliphatic heterocycles. The lowest BCUT2D eigenvalue weighted by Crippen LogP contribution is -2.43. The topological polar surface area (TPSA) is 41.3 Å². The van der Waals surface area contributed by atoms with E-state index in [4.69, 9.17) is 11.6 Å². The molecular formula is C14H24ClN3O. The van der Waals surface area contributed by atoms with Crippen molar-refractivity contribution in [3.8, 4) is 0 Å². The third-order valence-corrected chi connectivity index (χ3v) is 4.60. The molecule has 4 nitrogen and oxygen atoms in total. The standard InChI is InChI=1S/C14H24ClN3O/c1-4-10-14(15)12(18(3)16-10)9-17(2)11-7-5-6-8-13(11)19/h11,13,19H,4-9H2,1-3H3. The van der Waals surface area contributed by atoms with Crippen LogP contribution in [-0.4, -0.2) is 39.0 Å². The predicted octanol–water partition coefficient (Wildman–Crippen LogP) is 2.37. The van der Waals surface area contributed by atoms with E-state index >= 15 is 0 Å². The van der Waals surface area contributed by atoms with Crippen LogP contribution >= 0.6 is 11.6 Å². The van der Waals surface area contributed by atoms with E-state index in [1.54, 1.807) is 0 Å². The Morgan fingerprint density at radius 2 is 2.11 bits per heavy atom. The summed E-state index contributed by atoms with van der Waals surface area (Å²) in [6.45, 7) is 2.80. The molecule has 0 aromatic carbocycles. The molecule has 1 heterocycles.